The number of nitrogens with one attached hydrogen (secondary N) is 1. The molecule has 0 aromatic heterocycles. The van der Waals surface area contributed by atoms with Crippen LogP contribution < -0.4 is 10.2 Å². The zero-order valence-corrected chi connectivity index (χ0v) is 12.6. The first-order valence-corrected chi connectivity index (χ1v) is 7.37. The molecule has 1 amide bonds. The van der Waals surface area contributed by atoms with Gasteiger partial charge in [-0.25, -0.2) is 0 Å². The van der Waals surface area contributed by atoms with Gasteiger partial charge in [0.25, 0.3) is 5.91 Å². The molecular formula is C16H24N2O2. The number of carbonyl (C=O) groups excluding carboxylic acids is 1. The Balaban J connectivity index is 2.16. The molecule has 4 heteroatoms. The molecule has 0 saturated heterocycles. The lowest BCUT2D eigenvalue weighted by atomic mass is 9.96. The van der Waals surface area contributed by atoms with Crippen molar-refractivity contribution >= 4 is 11.6 Å². The minimum atomic E-state index is 0.0427. The van der Waals surface area contributed by atoms with Crippen molar-refractivity contribution in [2.45, 2.75) is 39.3 Å². The van der Waals surface area contributed by atoms with E-state index in [-0.39, 0.29) is 18.6 Å². The number of anilines is 1. The van der Waals surface area contributed by atoms with Crippen LogP contribution in [0.15, 0.2) is 24.3 Å². The molecule has 0 bridgehead atoms. The van der Waals surface area contributed by atoms with Crippen LogP contribution in [-0.2, 0) is 9.53 Å². The van der Waals surface area contributed by atoms with E-state index in [2.05, 4.69) is 18.3 Å². The van der Waals surface area contributed by atoms with Gasteiger partial charge in [0.1, 0.15) is 6.61 Å². The Morgan fingerprint density at radius 3 is 2.90 bits per heavy atom. The lowest BCUT2D eigenvalue weighted by molar-refractivity contribution is -0.124. The number of nitrogens with zero attached hydrogens (tertiary/aromatic N) is 1. The van der Waals surface area contributed by atoms with Crippen LogP contribution in [0.2, 0.25) is 0 Å². The molecule has 2 rings (SSSR count). The molecule has 0 fully saturated rings. The molecule has 1 atom stereocenters. The maximum absolute atomic E-state index is 12.3. The lowest BCUT2D eigenvalue weighted by Crippen LogP contribution is -2.41. The van der Waals surface area contributed by atoms with Crippen LogP contribution in [0.5, 0.6) is 0 Å². The first kappa shape index (κ1) is 15.0. The zero-order chi connectivity index (χ0) is 14.5. The van der Waals surface area contributed by atoms with Crippen LogP contribution in [-0.4, -0.2) is 31.7 Å². The van der Waals surface area contributed by atoms with Gasteiger partial charge in [-0.3, -0.25) is 4.79 Å². The van der Waals surface area contributed by atoms with Crippen LogP contribution in [0.25, 0.3) is 0 Å². The molecule has 1 heterocycles. The first-order chi connectivity index (χ1) is 9.63. The fourth-order valence-electron chi connectivity index (χ4n) is 2.60. The number of para-hydroxylation sites is 1. The van der Waals surface area contributed by atoms with Gasteiger partial charge >= 0.3 is 0 Å². The first-order valence-electron chi connectivity index (χ1n) is 7.37. The maximum Gasteiger partial charge on any atom is 0.252 e. The van der Waals surface area contributed by atoms with Gasteiger partial charge in [-0.15, -0.1) is 0 Å². The zero-order valence-electron chi connectivity index (χ0n) is 12.6. The van der Waals surface area contributed by atoms with Crippen LogP contribution >= 0.6 is 0 Å². The topological polar surface area (TPSA) is 41.6 Å². The van der Waals surface area contributed by atoms with Gasteiger partial charge in [0, 0.05) is 18.3 Å². The number of hydrogen-bond acceptors (Lipinski definition) is 3. The number of rotatable bonds is 5. The summed E-state index contributed by atoms with van der Waals surface area (Å²) < 4.78 is 5.44. The number of ether oxygens (including phenoxy) is 1. The second-order valence-electron chi connectivity index (χ2n) is 5.36. The summed E-state index contributed by atoms with van der Waals surface area (Å²) in [5.74, 6) is 0.0427. The number of benzene rings is 1. The predicted molar refractivity (Wildman–Crippen MR) is 80.9 cm³/mol. The van der Waals surface area contributed by atoms with Crippen molar-refractivity contribution in [1.82, 2.24) is 5.32 Å². The summed E-state index contributed by atoms with van der Waals surface area (Å²) in [5, 5.41) is 3.48. The summed E-state index contributed by atoms with van der Waals surface area (Å²) in [6.45, 7) is 7.82. The van der Waals surface area contributed by atoms with Crippen molar-refractivity contribution in [2.75, 3.05) is 24.6 Å². The minimum Gasteiger partial charge on any atom is -0.369 e. The van der Waals surface area contributed by atoms with E-state index in [1.165, 1.54) is 5.56 Å². The standard InChI is InChI=1S/C16H24N2O2/c1-4-17-14-9-10-18(16(19)11-20-12(2)3)15-8-6-5-7-13(14)15/h5-8,12,14,17H,4,9-11H2,1-3H3. The van der Waals surface area contributed by atoms with Crippen LogP contribution in [0.1, 0.15) is 38.8 Å². The Morgan fingerprint density at radius 2 is 2.20 bits per heavy atom. The molecule has 1 unspecified atom stereocenters. The normalized spacial score (nSPS) is 18.2. The van der Waals surface area contributed by atoms with Gasteiger partial charge in [-0.1, -0.05) is 25.1 Å². The van der Waals surface area contributed by atoms with Crippen molar-refractivity contribution in [3.63, 3.8) is 0 Å². The number of amides is 1. The lowest BCUT2D eigenvalue weighted by Gasteiger charge is -2.34. The van der Waals surface area contributed by atoms with Crippen LogP contribution in [0, 0.1) is 0 Å². The summed E-state index contributed by atoms with van der Waals surface area (Å²) in [4.78, 5) is 14.2. The largest absolute Gasteiger partial charge is 0.369 e. The molecular weight excluding hydrogens is 252 g/mol. The Hall–Kier alpha value is -1.39. The molecule has 0 saturated carbocycles. The Bertz CT molecular complexity index is 460. The molecule has 1 aliphatic rings. The van der Waals surface area contributed by atoms with Gasteiger partial charge in [0.15, 0.2) is 0 Å². The summed E-state index contributed by atoms with van der Waals surface area (Å²) >= 11 is 0. The van der Waals surface area contributed by atoms with Gasteiger partial charge in [0.2, 0.25) is 0 Å². The third kappa shape index (κ3) is 3.38. The predicted octanol–water partition coefficient (Wildman–Crippen LogP) is 2.50. The summed E-state index contributed by atoms with van der Waals surface area (Å²) in [5.41, 5.74) is 2.22. The van der Waals surface area contributed by atoms with Gasteiger partial charge < -0.3 is 15.0 Å². The molecule has 1 aliphatic heterocycles. The fourth-order valence-corrected chi connectivity index (χ4v) is 2.60. The van der Waals surface area contributed by atoms with E-state index in [4.69, 9.17) is 4.74 Å². The Labute approximate surface area is 121 Å². The molecule has 1 aromatic rings. The number of carbonyl (C=O) groups is 1. The monoisotopic (exact) mass is 276 g/mol. The van der Waals surface area contributed by atoms with Crippen molar-refractivity contribution in [3.05, 3.63) is 29.8 Å². The SMILES string of the molecule is CCNC1CCN(C(=O)COC(C)C)c2ccccc21. The van der Waals surface area contributed by atoms with E-state index in [1.54, 1.807) is 0 Å². The molecule has 4 nitrogen and oxygen atoms in total. The highest BCUT2D eigenvalue weighted by atomic mass is 16.5. The van der Waals surface area contributed by atoms with E-state index >= 15 is 0 Å². The molecule has 1 N–H and O–H groups in total. The van der Waals surface area contributed by atoms with E-state index < -0.39 is 0 Å². The highest BCUT2D eigenvalue weighted by Crippen LogP contribution is 2.33. The van der Waals surface area contributed by atoms with E-state index in [1.807, 2.05) is 36.9 Å². The van der Waals surface area contributed by atoms with Gasteiger partial charge in [-0.2, -0.15) is 0 Å². The van der Waals surface area contributed by atoms with Crippen LogP contribution in [0.3, 0.4) is 0 Å². The molecule has 0 spiro atoms. The highest BCUT2D eigenvalue weighted by molar-refractivity contribution is 5.95. The molecule has 0 aliphatic carbocycles. The van der Waals surface area contributed by atoms with Crippen molar-refractivity contribution in [1.29, 1.82) is 0 Å². The highest BCUT2D eigenvalue weighted by Gasteiger charge is 2.27. The summed E-state index contributed by atoms with van der Waals surface area (Å²) in [6.07, 6.45) is 1.02. The second kappa shape index (κ2) is 6.86. The molecule has 20 heavy (non-hydrogen) atoms. The Morgan fingerprint density at radius 1 is 1.45 bits per heavy atom. The average molecular weight is 276 g/mol. The van der Waals surface area contributed by atoms with Gasteiger partial charge in [-0.05, 0) is 38.4 Å². The second-order valence-corrected chi connectivity index (χ2v) is 5.36. The van der Waals surface area contributed by atoms with Crippen LogP contribution in [0.4, 0.5) is 5.69 Å². The van der Waals surface area contributed by atoms with E-state index in [9.17, 15) is 4.79 Å². The fraction of sp³-hybridized carbons (Fsp3) is 0.562. The minimum absolute atomic E-state index is 0.0427. The average Bonchev–Trinajstić information content (AvgIpc) is 2.45. The third-order valence-corrected chi connectivity index (χ3v) is 3.54. The number of fused-ring (bicyclic) bond motifs is 1. The smallest absolute Gasteiger partial charge is 0.252 e. The van der Waals surface area contributed by atoms with Crippen molar-refractivity contribution < 1.29 is 9.53 Å². The third-order valence-electron chi connectivity index (χ3n) is 3.54. The molecule has 110 valence electrons. The Kier molecular flexibility index (Phi) is 5.15. The summed E-state index contributed by atoms with van der Waals surface area (Å²) in [7, 11) is 0. The van der Waals surface area contributed by atoms with E-state index in [0.29, 0.717) is 6.04 Å². The van der Waals surface area contributed by atoms with E-state index in [0.717, 1.165) is 25.2 Å². The van der Waals surface area contributed by atoms with Crippen molar-refractivity contribution in [2.24, 2.45) is 0 Å². The maximum atomic E-state index is 12.3. The molecule has 1 aromatic carbocycles. The quantitative estimate of drug-likeness (QED) is 0.898. The van der Waals surface area contributed by atoms with Gasteiger partial charge in [0.05, 0.1) is 6.10 Å². The van der Waals surface area contributed by atoms with Crippen molar-refractivity contribution in [3.8, 4) is 0 Å². The summed E-state index contributed by atoms with van der Waals surface area (Å²) in [6, 6.07) is 8.47. The number of hydrogen-bond donors (Lipinski definition) is 1. The molecule has 0 radical (unpaired) electrons.